The molecule has 3 saturated carbocycles. The molecule has 6 N–H and O–H groups in total. The number of nitrogens with zero attached hydrogens (tertiary/aromatic N) is 12. The molecule has 147 heavy (non-hydrogen) atoms. The molecule has 13 aliphatic rings. The Morgan fingerprint density at radius 3 is 1.05 bits per heavy atom. The van der Waals surface area contributed by atoms with Crippen LogP contribution in [-0.4, -0.2) is 193 Å². The number of alkyl halides is 2. The zero-order valence-electron chi connectivity index (χ0n) is 86.9. The van der Waals surface area contributed by atoms with E-state index in [4.69, 9.17) is 14.9 Å². The van der Waals surface area contributed by atoms with Crippen molar-refractivity contribution in [3.05, 3.63) is 238 Å². The summed E-state index contributed by atoms with van der Waals surface area (Å²) in [7, 11) is 0. The first kappa shape index (κ1) is 104. The van der Waals surface area contributed by atoms with Crippen LogP contribution in [0.15, 0.2) is 171 Å². The highest BCUT2D eigenvalue weighted by Gasteiger charge is 2.68. The van der Waals surface area contributed by atoms with E-state index in [0.717, 1.165) is 208 Å². The van der Waals surface area contributed by atoms with Crippen LogP contribution in [0.1, 0.15) is 292 Å². The van der Waals surface area contributed by atoms with Gasteiger partial charge in [-0.1, -0.05) is 188 Å². The molecular weight excluding hydrogens is 2000 g/mol. The van der Waals surface area contributed by atoms with Crippen LogP contribution in [0.3, 0.4) is 0 Å². The van der Waals surface area contributed by atoms with Gasteiger partial charge < -0.3 is 30.9 Å². The van der Waals surface area contributed by atoms with Crippen molar-refractivity contribution in [3.8, 4) is 0 Å². The molecule has 0 radical (unpaired) electrons. The van der Waals surface area contributed by atoms with Crippen molar-refractivity contribution >= 4 is 163 Å². The zero-order valence-corrected chi connectivity index (χ0v) is 90.9. The first-order valence-electron chi connectivity index (χ1n) is 52.2. The quantitative estimate of drug-likeness (QED) is 0.0410. The number of hydrogen-bond donors (Lipinski definition) is 6. The van der Waals surface area contributed by atoms with Crippen molar-refractivity contribution < 1.29 is 49.3 Å². The van der Waals surface area contributed by atoms with Crippen molar-refractivity contribution in [1.29, 1.82) is 0 Å². The fourth-order valence-electron chi connectivity index (χ4n) is 24.8. The van der Waals surface area contributed by atoms with Gasteiger partial charge in [-0.05, 0) is 245 Å². The summed E-state index contributed by atoms with van der Waals surface area (Å²) in [5.74, 6) is -1.29. The molecule has 6 saturated heterocycles. The van der Waals surface area contributed by atoms with Gasteiger partial charge in [-0.15, -0.1) is 12.4 Å². The Bertz CT molecular complexity index is 7160. The molecule has 9 amide bonds. The van der Waals surface area contributed by atoms with Gasteiger partial charge in [-0.2, -0.15) is 20.4 Å². The molecule has 9 fully saturated rings. The maximum absolute atomic E-state index is 13.4. The summed E-state index contributed by atoms with van der Waals surface area (Å²) in [6.45, 7) is 42.1. The Labute approximate surface area is 884 Å². The van der Waals surface area contributed by atoms with Gasteiger partial charge in [0.05, 0.1) is 59.5 Å². The second-order valence-corrected chi connectivity index (χ2v) is 48.7. The van der Waals surface area contributed by atoms with E-state index in [1.54, 1.807) is 9.80 Å². The lowest BCUT2D eigenvalue weighted by molar-refractivity contribution is -0.135. The molecule has 14 heterocycles. The van der Waals surface area contributed by atoms with Gasteiger partial charge in [0, 0.05) is 182 Å². The average molecular weight is 2140 g/mol. The second-order valence-electron chi connectivity index (χ2n) is 46.6. The van der Waals surface area contributed by atoms with Gasteiger partial charge in [0.1, 0.15) is 11.6 Å². The summed E-state index contributed by atoms with van der Waals surface area (Å²) in [4.78, 5) is 117. The number of benzene rings is 8. The number of nitrogens with one attached hydrogen (secondary N) is 6. The lowest BCUT2D eigenvalue weighted by Gasteiger charge is -2.33. The summed E-state index contributed by atoms with van der Waals surface area (Å²) in [5, 5.41) is 44.1. The Kier molecular flexibility index (Phi) is 28.4. The number of carbonyl (C=O) groups excluding carboxylic acids is 9. The number of imide groups is 2. The molecule has 774 valence electrons. The third kappa shape index (κ3) is 20.0. The number of piperidine rings is 6. The molecule has 3 aliphatic carbocycles. The smallest absolute Gasteiger partial charge is 0.410 e. The van der Waals surface area contributed by atoms with Gasteiger partial charge in [-0.25, -0.2) is 4.79 Å². The van der Waals surface area contributed by atoms with Crippen LogP contribution < -0.4 is 36.8 Å². The van der Waals surface area contributed by atoms with E-state index in [2.05, 4.69) is 254 Å². The third-order valence-electron chi connectivity index (χ3n) is 35.0. The van der Waals surface area contributed by atoms with Gasteiger partial charge in [-0.3, -0.25) is 82.4 Å². The lowest BCUT2D eigenvalue weighted by Crippen LogP contribution is -2.53. The third-order valence-corrected chi connectivity index (χ3v) is 38.1. The second kappa shape index (κ2) is 40.3. The van der Waals surface area contributed by atoms with E-state index in [-0.39, 0.29) is 78.6 Å². The number of rotatable bonds is 15. The summed E-state index contributed by atoms with van der Waals surface area (Å²) >= 11 is 6.74. The first-order chi connectivity index (χ1) is 69.5. The van der Waals surface area contributed by atoms with E-state index in [0.29, 0.717) is 101 Å². The Morgan fingerprint density at radius 2 is 0.721 bits per heavy atom. The van der Waals surface area contributed by atoms with Crippen LogP contribution in [0.4, 0.5) is 27.5 Å². The molecule has 28 nitrogen and oxygen atoms in total. The number of carbonyl (C=O) groups is 9. The minimum atomic E-state index is -0.673. The maximum Gasteiger partial charge on any atom is 0.410 e. The van der Waals surface area contributed by atoms with E-state index < -0.39 is 17.6 Å². The zero-order chi connectivity index (χ0) is 103. The van der Waals surface area contributed by atoms with Crippen LogP contribution in [0, 0.1) is 32.5 Å². The van der Waals surface area contributed by atoms with E-state index >= 15 is 0 Å². The van der Waals surface area contributed by atoms with Crippen LogP contribution in [0.2, 0.25) is 0 Å². The number of anilines is 4. The molecule has 4 aromatic heterocycles. The minimum Gasteiger partial charge on any atom is -0.444 e. The van der Waals surface area contributed by atoms with Gasteiger partial charge in [0.25, 0.3) is 23.6 Å². The SMILES string of the molecule is CC(C)(C)OC(=O)N1CCC(n2cc(Cc3ccc4c5c(cccc35)C(=O)N4)cn2)CC1.CC1(C)C(Br)C1(C)C.CC1(C)C(N2CCC(n3cc(Cc4ccc5c6c(cccc46)C(=O)N5)cn3)CC2)C1(C)C.CC1(C)C(N2CCC(n3cc(Cc4ccc5c6c(cccc46)C(=O)N5C4CCC(=O)NC4=O)cn3)CC2)C1(C)C.Cl.O=C1CCC(Br)C(=O)N1.O=C1Nc2ccc(Cc3cnn(C4CCNCC4)c3)c3cccc1c23.[HH]. The molecular formula is C116H139Br2ClN18O10. The average Bonchev–Trinajstić information content (AvgIpc) is 1.53. The molecule has 12 aromatic rings. The fourth-order valence-corrected chi connectivity index (χ4v) is 26.2. The van der Waals surface area contributed by atoms with E-state index in [1.807, 2.05) is 123 Å². The topological polar surface area (TPSA) is 319 Å². The van der Waals surface area contributed by atoms with Crippen molar-refractivity contribution in [3.63, 3.8) is 0 Å². The molecule has 8 aromatic carbocycles. The van der Waals surface area contributed by atoms with Crippen molar-refractivity contribution in [1.82, 2.24) is 69.8 Å². The number of ether oxygens (including phenoxy) is 1. The number of aromatic nitrogens is 8. The predicted octanol–water partition coefficient (Wildman–Crippen LogP) is 21.3. The highest BCUT2D eigenvalue weighted by Crippen LogP contribution is 2.68. The molecule has 31 heteroatoms. The number of likely N-dealkylation sites (tertiary alicyclic amines) is 3. The van der Waals surface area contributed by atoms with E-state index in [1.165, 1.54) is 40.7 Å². The minimum absolute atomic E-state index is 0. The predicted molar refractivity (Wildman–Crippen MR) is 587 cm³/mol. The van der Waals surface area contributed by atoms with Gasteiger partial charge in [0.15, 0.2) is 0 Å². The van der Waals surface area contributed by atoms with Gasteiger partial charge >= 0.3 is 6.09 Å². The molecule has 0 spiro atoms. The molecule has 2 unspecified atom stereocenters. The Balaban J connectivity index is 0.000000123. The Morgan fingerprint density at radius 1 is 0.395 bits per heavy atom. The highest BCUT2D eigenvalue weighted by molar-refractivity contribution is 9.10. The van der Waals surface area contributed by atoms with Crippen LogP contribution in [0.5, 0.6) is 0 Å². The normalized spacial score (nSPS) is 21.6. The van der Waals surface area contributed by atoms with Crippen molar-refractivity contribution in [2.24, 2.45) is 32.5 Å². The standard InChI is InChI=1S/C32H37N5O3.C27H32N4O.C25H28N4O3.C20H20N4O.C7H13Br.C5H6BrNO2.ClH.H2/c1-31(2)30(32(31,3)4)35-14-12-21(13-15-35)36-18-19(17-33-36)16-20-8-9-24-27-22(20)6-5-7-23(27)29(40)37(24)25-10-11-26(38)34-28(25)39;1-26(2)25(27(26,3)4)30-12-10-19(11-13-30)31-16-17(15-28-31)14-18-8-9-22-23-20(18)6-5-7-21(23)24(32)29-22;1-25(2,3)32-24(31)28-11-9-18(10-12-28)29-15-16(14-26-29)13-17-7-8-21-22-19(17)5-4-6-20(22)23(30)27-21;25-20-17-3-1-2-16-14(4-5-18(23-20)19(16)17)10-13-11-22-24(12-13)15-6-8-21-9-7-15;1-6(2)5(8)7(6,3)4;6-3-1-2-4(8)7-5(3)9;;/h5-9,17-18,21,25,30H,10-16H2,1-4H3,(H,34,38,39);5-9,15-16,19,25H,10-14H2,1-4H3,(H,29,32);4-8,14-15,18H,9-13H2,1-3H3,(H,27,30);1-5,11-12,15,21H,6-10H2,(H,23,25);5H,1-4H3;3H,1-2H2,(H,7,8,9);2*1H. The lowest BCUT2D eigenvalue weighted by atomic mass is 9.97. The van der Waals surface area contributed by atoms with Crippen molar-refractivity contribution in [2.75, 3.05) is 73.2 Å². The van der Waals surface area contributed by atoms with Crippen LogP contribution >= 0.6 is 44.3 Å². The van der Waals surface area contributed by atoms with E-state index in [9.17, 15) is 43.2 Å². The summed E-state index contributed by atoms with van der Waals surface area (Å²) < 4.78 is 14.0. The number of hydrogen-bond acceptors (Lipinski definition) is 17. The first-order valence-corrected chi connectivity index (χ1v) is 54.1. The molecule has 10 aliphatic heterocycles. The highest BCUT2D eigenvalue weighted by atomic mass is 79.9. The molecule has 25 rings (SSSR count). The van der Waals surface area contributed by atoms with Crippen molar-refractivity contribution in [2.45, 2.75) is 264 Å². The fraction of sp³-hybridized carbons (Fsp3) is 0.474. The van der Waals surface area contributed by atoms with Crippen LogP contribution in [0.25, 0.3) is 43.1 Å². The Hall–Kier alpha value is -11.8. The van der Waals surface area contributed by atoms with Gasteiger partial charge in [0.2, 0.25) is 23.6 Å². The molecule has 0 bridgehead atoms. The summed E-state index contributed by atoms with van der Waals surface area (Å²) in [6, 6.07) is 42.5. The van der Waals surface area contributed by atoms with Crippen LogP contribution in [-0.2, 0) is 49.6 Å². The monoisotopic (exact) mass is 2140 g/mol. The number of amides is 9. The largest absolute Gasteiger partial charge is 0.444 e. The molecule has 2 atom stereocenters. The summed E-state index contributed by atoms with van der Waals surface area (Å²) in [5.41, 5.74) is 18.1. The maximum atomic E-state index is 13.4. The number of halogens is 3. The summed E-state index contributed by atoms with van der Waals surface area (Å²) in [6.07, 6.45) is 29.7.